The minimum atomic E-state index is -2.43. The molecule has 0 atom stereocenters. The summed E-state index contributed by atoms with van der Waals surface area (Å²) in [7, 11) is 0. The molecular formula is C75H74N4OPt-2. The van der Waals surface area contributed by atoms with Crippen molar-refractivity contribution in [3.05, 3.63) is 219 Å². The molecule has 0 aliphatic heterocycles. The molecule has 1 aliphatic rings. The predicted octanol–water partition coefficient (Wildman–Crippen LogP) is 19.9. The van der Waals surface area contributed by atoms with Crippen molar-refractivity contribution < 1.29 is 28.2 Å². The molecule has 0 fully saturated rings. The van der Waals surface area contributed by atoms with Crippen molar-refractivity contribution in [1.29, 1.82) is 0 Å². The Balaban J connectivity index is 1.01. The molecule has 3 aromatic heterocycles. The topological polar surface area (TPSA) is 36.9 Å². The molecule has 81 heavy (non-hydrogen) atoms. The third-order valence-corrected chi connectivity index (χ3v) is 18.1. The number of para-hydroxylation sites is 3. The summed E-state index contributed by atoms with van der Waals surface area (Å²) in [6, 6.07) is 65.4. The first-order valence-corrected chi connectivity index (χ1v) is 29.6. The Morgan fingerprint density at radius 3 is 1.73 bits per heavy atom. The van der Waals surface area contributed by atoms with Crippen LogP contribution in [0, 0.1) is 22.8 Å². The Morgan fingerprint density at radius 2 is 1.09 bits per heavy atom. The van der Waals surface area contributed by atoms with Gasteiger partial charge >= 0.3 is 346 Å². The molecule has 6 heteroatoms. The molecule has 0 N–H and O–H groups in total. The molecular weight excluding hydrogens is 1170 g/mol. The van der Waals surface area contributed by atoms with Crippen molar-refractivity contribution in [2.75, 3.05) is 0 Å². The fraction of sp³-hybridized carbons (Fsp3) is 0.280. The molecule has 0 spiro atoms. The zero-order valence-electron chi connectivity index (χ0n) is 52.1. The van der Waals surface area contributed by atoms with E-state index in [0.717, 1.165) is 83.1 Å². The van der Waals surface area contributed by atoms with Crippen LogP contribution in [0.4, 0.5) is 0 Å². The van der Waals surface area contributed by atoms with E-state index in [0.29, 0.717) is 22.9 Å². The second-order valence-corrected chi connectivity index (χ2v) is 27.8. The van der Waals surface area contributed by atoms with Crippen LogP contribution in [0.15, 0.2) is 170 Å². The van der Waals surface area contributed by atoms with Gasteiger partial charge in [0.1, 0.15) is 0 Å². The van der Waals surface area contributed by atoms with Gasteiger partial charge in [0.2, 0.25) is 0 Å². The van der Waals surface area contributed by atoms with E-state index in [1.54, 1.807) is 12.3 Å². The first-order chi connectivity index (χ1) is 39.6. The molecule has 1 aliphatic carbocycles. The van der Waals surface area contributed by atoms with E-state index in [1.165, 1.54) is 33.4 Å². The van der Waals surface area contributed by atoms with Gasteiger partial charge in [-0.1, -0.05) is 72.7 Å². The molecule has 5 nitrogen and oxygen atoms in total. The Kier molecular flexibility index (Phi) is 12.3. The average Bonchev–Trinajstić information content (AvgIpc) is 1.64. The van der Waals surface area contributed by atoms with E-state index in [9.17, 15) is 0 Å². The number of imidazole rings is 1. The second-order valence-electron chi connectivity index (χ2n) is 26.8. The summed E-state index contributed by atoms with van der Waals surface area (Å²) in [5.41, 5.74) is 18.0. The Bertz CT molecular complexity index is 4430. The maximum atomic E-state index is 8.92. The van der Waals surface area contributed by atoms with Crippen LogP contribution >= 0.6 is 0 Å². The van der Waals surface area contributed by atoms with E-state index in [-0.39, 0.29) is 32.6 Å². The van der Waals surface area contributed by atoms with Gasteiger partial charge in [0.15, 0.2) is 0 Å². The van der Waals surface area contributed by atoms with Crippen LogP contribution in [0.25, 0.3) is 83.4 Å². The summed E-state index contributed by atoms with van der Waals surface area (Å²) in [4.78, 5) is 5.15. The standard InChI is InChI=1S/C75H74N4O.Pt/c1-48-38-69(76-46-62(48)50-30-32-52(33-31-50)71(2,3)4)79-67-43-57(34-35-60(67)61-44-63-64(45-68(61)79)75(13,14)37-36-74(63,11)12)80-56-25-20-24-55(42-56)77-47-78(66-29-19-18-28-65(66)77)70-58(49-22-16-15-17-23-49)26-21-27-59(70)51-39-53(72(5,6)7)41-54(40-51)73(8,9)10;/h15-35,38-41,44-46H,36-37H2,1-14H3;/q-2;/i1D3;. The molecule has 412 valence electrons. The van der Waals surface area contributed by atoms with Crippen molar-refractivity contribution in [2.24, 2.45) is 0 Å². The quantitative estimate of drug-likeness (QED) is 0.142. The summed E-state index contributed by atoms with van der Waals surface area (Å²) in [5.74, 6) is 1.52. The summed E-state index contributed by atoms with van der Waals surface area (Å²) in [5, 5.41) is 2.03. The fourth-order valence-corrected chi connectivity index (χ4v) is 13.1. The Labute approximate surface area is 495 Å². The number of rotatable bonds is 8. The number of nitrogens with zero attached hydrogens (tertiary/aromatic N) is 4. The molecule has 12 rings (SSSR count). The molecule has 0 saturated carbocycles. The third kappa shape index (κ3) is 9.78. The Morgan fingerprint density at radius 1 is 0.506 bits per heavy atom. The first kappa shape index (κ1) is 50.6. The van der Waals surface area contributed by atoms with Gasteiger partial charge in [-0.3, -0.25) is 0 Å². The minimum Gasteiger partial charge on any atom is -0.0579 e. The molecule has 0 saturated heterocycles. The van der Waals surface area contributed by atoms with Gasteiger partial charge < -0.3 is 0 Å². The number of aryl methyl sites for hydroxylation is 1. The number of fused-ring (bicyclic) bond motifs is 5. The summed E-state index contributed by atoms with van der Waals surface area (Å²) >= 11 is 2.50. The van der Waals surface area contributed by atoms with Gasteiger partial charge in [-0.15, -0.1) is 0 Å². The SMILES string of the molecule is [2H]C([2H])([2H])c1cc(-n2c3[c-]c(Oc4[c-]c(-n5[c](=[Pt])n(-c6c(-c7ccccc7)cccc6-c6cc(C(C)(C)C)cc(C(C)(C)C)c6)c6ccccc65)ccc4)ccc3c3cc4c(cc32)C(C)(C)CCC4(C)C)ncc1-c1ccc(C(C)(C)C)cc1. The first-order valence-electron chi connectivity index (χ1n) is 30.0. The van der Waals surface area contributed by atoms with Gasteiger partial charge in [0, 0.05) is 15.9 Å². The number of aromatic nitrogens is 4. The second kappa shape index (κ2) is 19.7. The molecule has 8 aromatic carbocycles. The minimum absolute atomic E-state index is 0.0398. The van der Waals surface area contributed by atoms with E-state index >= 15 is 0 Å². The monoisotopic (exact) mass is 1240 g/mol. The zero-order chi connectivity index (χ0) is 59.6. The number of ether oxygens (including phenoxy) is 1. The van der Waals surface area contributed by atoms with Crippen LogP contribution in [-0.4, -0.2) is 18.7 Å². The zero-order valence-corrected chi connectivity index (χ0v) is 51.4. The van der Waals surface area contributed by atoms with Crippen LogP contribution in [-0.2, 0) is 46.4 Å². The number of pyridine rings is 1. The van der Waals surface area contributed by atoms with Crippen LogP contribution < -0.4 is 4.74 Å². The predicted molar refractivity (Wildman–Crippen MR) is 335 cm³/mol. The van der Waals surface area contributed by atoms with Crippen molar-refractivity contribution in [2.45, 2.75) is 137 Å². The number of hydrogen-bond donors (Lipinski definition) is 0. The summed E-state index contributed by atoms with van der Waals surface area (Å²) < 4.78 is 41.4. The summed E-state index contributed by atoms with van der Waals surface area (Å²) in [6.45, 7) is 27.3. The van der Waals surface area contributed by atoms with Crippen molar-refractivity contribution in [3.63, 3.8) is 0 Å². The van der Waals surface area contributed by atoms with E-state index in [4.69, 9.17) is 13.8 Å². The van der Waals surface area contributed by atoms with Gasteiger partial charge in [-0.25, -0.2) is 0 Å². The normalized spacial score (nSPS) is 15.2. The van der Waals surface area contributed by atoms with Crippen LogP contribution in [0.2, 0.25) is 0 Å². The van der Waals surface area contributed by atoms with E-state index in [2.05, 4.69) is 263 Å². The van der Waals surface area contributed by atoms with Crippen molar-refractivity contribution in [1.82, 2.24) is 18.7 Å². The van der Waals surface area contributed by atoms with Gasteiger partial charge in [-0.05, 0) is 63.8 Å². The number of benzene rings is 8. The van der Waals surface area contributed by atoms with Gasteiger partial charge in [0.05, 0.1) is 0 Å². The molecule has 0 bridgehead atoms. The molecule has 0 unspecified atom stereocenters. The van der Waals surface area contributed by atoms with E-state index < -0.39 is 6.85 Å². The van der Waals surface area contributed by atoms with Crippen LogP contribution in [0.1, 0.15) is 140 Å². The molecule has 0 amide bonds. The third-order valence-electron chi connectivity index (χ3n) is 17.0. The van der Waals surface area contributed by atoms with Gasteiger partial charge in [-0.2, -0.15) is 0 Å². The van der Waals surface area contributed by atoms with Gasteiger partial charge in [0.25, 0.3) is 0 Å². The summed E-state index contributed by atoms with van der Waals surface area (Å²) in [6.07, 6.45) is 3.85. The van der Waals surface area contributed by atoms with E-state index in [1.807, 2.05) is 30.3 Å². The van der Waals surface area contributed by atoms with Crippen molar-refractivity contribution >= 4 is 32.8 Å². The average molecular weight is 1250 g/mol. The molecule has 11 aromatic rings. The van der Waals surface area contributed by atoms with Crippen molar-refractivity contribution in [3.8, 4) is 62.1 Å². The Hall–Kier alpha value is -7.33. The molecule has 3 heterocycles. The van der Waals surface area contributed by atoms with Crippen LogP contribution in [0.3, 0.4) is 0 Å². The van der Waals surface area contributed by atoms with Crippen LogP contribution in [0.5, 0.6) is 11.5 Å². The smallest absolute Gasteiger partial charge is 0.0579 e. The maximum absolute atomic E-state index is 8.92. The number of hydrogen-bond acceptors (Lipinski definition) is 2. The fourth-order valence-electron chi connectivity index (χ4n) is 12.0. The molecule has 0 radical (unpaired) electrons.